The molecule has 1 unspecified atom stereocenters. The molecule has 3 heteroatoms. The summed E-state index contributed by atoms with van der Waals surface area (Å²) in [6, 6.07) is 15.8. The molecule has 3 nitrogen and oxygen atoms in total. The zero-order valence-corrected chi connectivity index (χ0v) is 10.7. The van der Waals surface area contributed by atoms with Crippen molar-refractivity contribution in [1.82, 2.24) is 5.32 Å². The number of hydrogen-bond donors (Lipinski definition) is 1. The van der Waals surface area contributed by atoms with Crippen molar-refractivity contribution < 1.29 is 9.53 Å². The SMILES string of the molecule is COc1ccc2c(c1)C(Cc1ccccc1)NC2=O. The lowest BCUT2D eigenvalue weighted by Gasteiger charge is -2.12. The molecule has 0 saturated heterocycles. The van der Waals surface area contributed by atoms with Gasteiger partial charge in [-0.1, -0.05) is 30.3 Å². The lowest BCUT2D eigenvalue weighted by atomic mass is 9.98. The Morgan fingerprint density at radius 1 is 1.16 bits per heavy atom. The van der Waals surface area contributed by atoms with E-state index in [2.05, 4.69) is 17.4 Å². The van der Waals surface area contributed by atoms with Crippen molar-refractivity contribution in [3.05, 3.63) is 65.2 Å². The smallest absolute Gasteiger partial charge is 0.252 e. The van der Waals surface area contributed by atoms with Crippen molar-refractivity contribution in [2.75, 3.05) is 7.11 Å². The number of carbonyl (C=O) groups is 1. The summed E-state index contributed by atoms with van der Waals surface area (Å²) in [6.45, 7) is 0. The predicted molar refractivity (Wildman–Crippen MR) is 73.3 cm³/mol. The number of nitrogens with one attached hydrogen (secondary N) is 1. The summed E-state index contributed by atoms with van der Waals surface area (Å²) in [5, 5.41) is 3.02. The Bertz CT molecular complexity index is 607. The van der Waals surface area contributed by atoms with Crippen LogP contribution in [0.1, 0.15) is 27.5 Å². The Morgan fingerprint density at radius 2 is 1.95 bits per heavy atom. The lowest BCUT2D eigenvalue weighted by Crippen LogP contribution is -2.20. The molecule has 1 heterocycles. The molecular formula is C16H15NO2. The van der Waals surface area contributed by atoms with E-state index in [9.17, 15) is 4.79 Å². The van der Waals surface area contributed by atoms with Crippen LogP contribution in [0.4, 0.5) is 0 Å². The molecule has 1 N–H and O–H groups in total. The first kappa shape index (κ1) is 11.8. The van der Waals surface area contributed by atoms with Gasteiger partial charge in [0, 0.05) is 5.56 Å². The van der Waals surface area contributed by atoms with Gasteiger partial charge in [0.15, 0.2) is 0 Å². The summed E-state index contributed by atoms with van der Waals surface area (Å²) in [4.78, 5) is 11.9. The van der Waals surface area contributed by atoms with E-state index in [4.69, 9.17) is 4.74 Å². The molecule has 3 rings (SSSR count). The lowest BCUT2D eigenvalue weighted by molar-refractivity contribution is 0.0956. The van der Waals surface area contributed by atoms with E-state index < -0.39 is 0 Å². The third kappa shape index (κ3) is 2.19. The van der Waals surface area contributed by atoms with Gasteiger partial charge < -0.3 is 10.1 Å². The van der Waals surface area contributed by atoms with Crippen LogP contribution in [0.3, 0.4) is 0 Å². The molecule has 0 spiro atoms. The van der Waals surface area contributed by atoms with Crippen molar-refractivity contribution >= 4 is 5.91 Å². The first-order valence-corrected chi connectivity index (χ1v) is 6.30. The molecule has 0 radical (unpaired) electrons. The Morgan fingerprint density at radius 3 is 2.68 bits per heavy atom. The quantitative estimate of drug-likeness (QED) is 0.913. The highest BCUT2D eigenvalue weighted by Gasteiger charge is 2.28. The normalized spacial score (nSPS) is 16.9. The Kier molecular flexibility index (Phi) is 2.95. The third-order valence-corrected chi connectivity index (χ3v) is 3.47. The Labute approximate surface area is 112 Å². The van der Waals surface area contributed by atoms with E-state index in [-0.39, 0.29) is 11.9 Å². The van der Waals surface area contributed by atoms with Gasteiger partial charge in [0.05, 0.1) is 13.2 Å². The van der Waals surface area contributed by atoms with Crippen LogP contribution in [0.5, 0.6) is 5.75 Å². The zero-order chi connectivity index (χ0) is 13.2. The summed E-state index contributed by atoms with van der Waals surface area (Å²) in [5.74, 6) is 0.784. The van der Waals surface area contributed by atoms with Crippen LogP contribution in [-0.2, 0) is 6.42 Å². The maximum Gasteiger partial charge on any atom is 0.252 e. The van der Waals surface area contributed by atoms with Gasteiger partial charge >= 0.3 is 0 Å². The summed E-state index contributed by atoms with van der Waals surface area (Å²) < 4.78 is 5.23. The highest BCUT2D eigenvalue weighted by molar-refractivity contribution is 5.99. The van der Waals surface area contributed by atoms with Crippen LogP contribution in [0.15, 0.2) is 48.5 Å². The molecule has 0 aliphatic carbocycles. The average Bonchev–Trinajstić information content (AvgIpc) is 2.76. The van der Waals surface area contributed by atoms with Crippen LogP contribution < -0.4 is 10.1 Å². The minimum atomic E-state index is -0.00131. The fourth-order valence-corrected chi connectivity index (χ4v) is 2.49. The first-order chi connectivity index (χ1) is 9.28. The Balaban J connectivity index is 1.92. The minimum absolute atomic E-state index is 0.00131. The second kappa shape index (κ2) is 4.76. The van der Waals surface area contributed by atoms with Crippen LogP contribution >= 0.6 is 0 Å². The molecule has 0 aromatic heterocycles. The van der Waals surface area contributed by atoms with Gasteiger partial charge in [0.25, 0.3) is 5.91 Å². The molecule has 0 saturated carbocycles. The molecule has 19 heavy (non-hydrogen) atoms. The summed E-state index contributed by atoms with van der Waals surface area (Å²) in [5.41, 5.74) is 2.98. The van der Waals surface area contributed by atoms with Gasteiger partial charge in [-0.05, 0) is 35.7 Å². The standard InChI is InChI=1S/C16H15NO2/c1-19-12-7-8-13-14(10-12)15(17-16(13)18)9-11-5-3-2-4-6-11/h2-8,10,15H,9H2,1H3,(H,17,18). The Hall–Kier alpha value is -2.29. The van der Waals surface area contributed by atoms with Gasteiger partial charge in [0.2, 0.25) is 0 Å². The molecule has 0 fully saturated rings. The van der Waals surface area contributed by atoms with E-state index in [0.29, 0.717) is 0 Å². The van der Waals surface area contributed by atoms with Gasteiger partial charge in [-0.25, -0.2) is 0 Å². The average molecular weight is 253 g/mol. The summed E-state index contributed by atoms with van der Waals surface area (Å²) in [6.07, 6.45) is 0.798. The number of carbonyl (C=O) groups excluding carboxylic acids is 1. The monoisotopic (exact) mass is 253 g/mol. The molecule has 1 aliphatic rings. The maximum absolute atomic E-state index is 11.9. The van der Waals surface area contributed by atoms with E-state index in [1.54, 1.807) is 7.11 Å². The minimum Gasteiger partial charge on any atom is -0.497 e. The number of fused-ring (bicyclic) bond motifs is 1. The third-order valence-electron chi connectivity index (χ3n) is 3.47. The molecule has 1 aliphatic heterocycles. The van der Waals surface area contributed by atoms with Gasteiger partial charge in [-0.2, -0.15) is 0 Å². The van der Waals surface area contributed by atoms with Crippen molar-refractivity contribution in [2.45, 2.75) is 12.5 Å². The van der Waals surface area contributed by atoms with E-state index >= 15 is 0 Å². The number of ether oxygens (including phenoxy) is 1. The zero-order valence-electron chi connectivity index (χ0n) is 10.7. The van der Waals surface area contributed by atoms with Crippen molar-refractivity contribution in [1.29, 1.82) is 0 Å². The van der Waals surface area contributed by atoms with Crippen molar-refractivity contribution in [3.8, 4) is 5.75 Å². The largest absolute Gasteiger partial charge is 0.497 e. The number of rotatable bonds is 3. The van der Waals surface area contributed by atoms with Gasteiger partial charge in [-0.15, -0.1) is 0 Å². The topological polar surface area (TPSA) is 38.3 Å². The van der Waals surface area contributed by atoms with Crippen LogP contribution in [0.25, 0.3) is 0 Å². The van der Waals surface area contributed by atoms with E-state index in [1.807, 2.05) is 36.4 Å². The molecular weight excluding hydrogens is 238 g/mol. The highest BCUT2D eigenvalue weighted by atomic mass is 16.5. The second-order valence-corrected chi connectivity index (χ2v) is 4.67. The summed E-state index contributed by atoms with van der Waals surface area (Å²) >= 11 is 0. The highest BCUT2D eigenvalue weighted by Crippen LogP contribution is 2.31. The second-order valence-electron chi connectivity index (χ2n) is 4.67. The molecule has 2 aromatic rings. The fraction of sp³-hybridized carbons (Fsp3) is 0.188. The molecule has 0 bridgehead atoms. The van der Waals surface area contributed by atoms with Gasteiger partial charge in [0.1, 0.15) is 5.75 Å². The predicted octanol–water partition coefficient (Wildman–Crippen LogP) is 2.72. The number of amides is 1. The first-order valence-electron chi connectivity index (χ1n) is 6.30. The number of benzene rings is 2. The van der Waals surface area contributed by atoms with Crippen molar-refractivity contribution in [3.63, 3.8) is 0 Å². The molecule has 1 atom stereocenters. The molecule has 2 aromatic carbocycles. The van der Waals surface area contributed by atoms with E-state index in [0.717, 1.165) is 23.3 Å². The van der Waals surface area contributed by atoms with Crippen molar-refractivity contribution in [2.24, 2.45) is 0 Å². The fourth-order valence-electron chi connectivity index (χ4n) is 2.49. The molecule has 96 valence electrons. The molecule has 1 amide bonds. The maximum atomic E-state index is 11.9. The van der Waals surface area contributed by atoms with Crippen LogP contribution in [0.2, 0.25) is 0 Å². The van der Waals surface area contributed by atoms with E-state index in [1.165, 1.54) is 5.56 Å². The van der Waals surface area contributed by atoms with Gasteiger partial charge in [-0.3, -0.25) is 4.79 Å². The van der Waals surface area contributed by atoms with Crippen LogP contribution in [-0.4, -0.2) is 13.0 Å². The summed E-state index contributed by atoms with van der Waals surface area (Å²) in [7, 11) is 1.64. The number of methoxy groups -OCH3 is 1. The number of hydrogen-bond acceptors (Lipinski definition) is 2. The van der Waals surface area contributed by atoms with Crippen LogP contribution in [0, 0.1) is 0 Å².